The molecule has 3 heteroatoms. The van der Waals surface area contributed by atoms with Crippen LogP contribution >= 0.6 is 0 Å². The van der Waals surface area contributed by atoms with Crippen LogP contribution in [0.4, 0.5) is 4.79 Å². The van der Waals surface area contributed by atoms with Crippen LogP contribution in [-0.4, -0.2) is 11.3 Å². The van der Waals surface area contributed by atoms with Gasteiger partial charge in [0.2, 0.25) is 0 Å². The van der Waals surface area contributed by atoms with E-state index >= 15 is 0 Å². The Morgan fingerprint density at radius 1 is 0.889 bits per heavy atom. The second-order valence-electron chi connectivity index (χ2n) is 7.11. The molecule has 0 bridgehead atoms. The van der Waals surface area contributed by atoms with E-state index < -0.39 is 6.16 Å². The Morgan fingerprint density at radius 2 is 1.59 bits per heavy atom. The van der Waals surface area contributed by atoms with E-state index in [1.807, 2.05) is 24.3 Å². The number of carbonyl (C=O) groups is 1. The van der Waals surface area contributed by atoms with E-state index in [0.29, 0.717) is 0 Å². The van der Waals surface area contributed by atoms with Gasteiger partial charge in [0.15, 0.2) is 0 Å². The maximum absolute atomic E-state index is 11.2. The Hall–Kier alpha value is -2.29. The second-order valence-corrected chi connectivity index (χ2v) is 7.11. The largest absolute Gasteiger partial charge is 0.506 e. The van der Waals surface area contributed by atoms with Gasteiger partial charge in [0.1, 0.15) is 6.10 Å². The summed E-state index contributed by atoms with van der Waals surface area (Å²) in [5.74, 6) is 0. The number of rotatable bonds is 12. The maximum Gasteiger partial charge on any atom is 0.506 e. The summed E-state index contributed by atoms with van der Waals surface area (Å²) in [5.41, 5.74) is 3.64. The molecule has 0 heterocycles. The van der Waals surface area contributed by atoms with Crippen molar-refractivity contribution >= 4 is 6.16 Å². The fourth-order valence-corrected chi connectivity index (χ4v) is 3.50. The highest BCUT2D eigenvalue weighted by Gasteiger charge is 2.18. The van der Waals surface area contributed by atoms with Crippen LogP contribution in [0, 0.1) is 0 Å². The van der Waals surface area contributed by atoms with Crippen molar-refractivity contribution < 1.29 is 14.6 Å². The minimum absolute atomic E-state index is 0.357. The number of unbranched alkanes of at least 4 members (excludes halogenated alkanes) is 4. The number of benzene rings is 2. The molecule has 1 N–H and O–H groups in total. The van der Waals surface area contributed by atoms with Gasteiger partial charge in [0, 0.05) is 0 Å². The fourth-order valence-electron chi connectivity index (χ4n) is 3.50. The van der Waals surface area contributed by atoms with E-state index in [1.54, 1.807) is 0 Å². The zero-order chi connectivity index (χ0) is 19.3. The summed E-state index contributed by atoms with van der Waals surface area (Å²) in [5, 5.41) is 9.16. The molecule has 1 atom stereocenters. The maximum atomic E-state index is 11.2. The Bertz CT molecular complexity index is 666. The highest BCUT2D eigenvalue weighted by atomic mass is 16.7. The molecular formula is C24H32O3. The first-order chi connectivity index (χ1) is 13.2. The van der Waals surface area contributed by atoms with Crippen molar-refractivity contribution in [2.24, 2.45) is 0 Å². The van der Waals surface area contributed by atoms with E-state index in [9.17, 15) is 4.79 Å². The van der Waals surface area contributed by atoms with Gasteiger partial charge in [-0.15, -0.1) is 0 Å². The molecule has 2 aromatic carbocycles. The first kappa shape index (κ1) is 21.0. The van der Waals surface area contributed by atoms with Crippen molar-refractivity contribution in [1.29, 1.82) is 0 Å². The van der Waals surface area contributed by atoms with Crippen LogP contribution in [0.15, 0.2) is 54.6 Å². The van der Waals surface area contributed by atoms with Crippen LogP contribution in [0.5, 0.6) is 0 Å². The molecule has 0 saturated heterocycles. The van der Waals surface area contributed by atoms with Gasteiger partial charge in [-0.3, -0.25) is 0 Å². The minimum atomic E-state index is -1.19. The monoisotopic (exact) mass is 368 g/mol. The van der Waals surface area contributed by atoms with Gasteiger partial charge in [0.05, 0.1) is 0 Å². The van der Waals surface area contributed by atoms with Crippen LogP contribution in [-0.2, 0) is 17.6 Å². The van der Waals surface area contributed by atoms with Crippen molar-refractivity contribution in [2.75, 3.05) is 0 Å². The Kier molecular flexibility index (Phi) is 9.47. The average Bonchev–Trinajstić information content (AvgIpc) is 2.69. The van der Waals surface area contributed by atoms with Crippen molar-refractivity contribution in [3.63, 3.8) is 0 Å². The highest BCUT2D eigenvalue weighted by molar-refractivity contribution is 5.57. The normalized spacial score (nSPS) is 11.9. The predicted octanol–water partition coefficient (Wildman–Crippen LogP) is 6.96. The molecule has 0 aliphatic heterocycles. The quantitative estimate of drug-likeness (QED) is 0.325. The smallest absolute Gasteiger partial charge is 0.450 e. The van der Waals surface area contributed by atoms with E-state index in [0.717, 1.165) is 56.9 Å². The zero-order valence-corrected chi connectivity index (χ0v) is 16.4. The van der Waals surface area contributed by atoms with Crippen molar-refractivity contribution in [1.82, 2.24) is 0 Å². The molecule has 0 aliphatic carbocycles. The molecule has 0 amide bonds. The van der Waals surface area contributed by atoms with E-state index in [-0.39, 0.29) is 6.10 Å². The number of hydrogen-bond donors (Lipinski definition) is 1. The van der Waals surface area contributed by atoms with Gasteiger partial charge in [-0.05, 0) is 55.2 Å². The van der Waals surface area contributed by atoms with Crippen LogP contribution < -0.4 is 0 Å². The van der Waals surface area contributed by atoms with Gasteiger partial charge in [0.25, 0.3) is 0 Å². The number of ether oxygens (including phenoxy) is 1. The number of hydrogen-bond acceptors (Lipinski definition) is 2. The standard InChI is InChI=1S/C24H32O3/c1-2-3-16-21-17-11-12-18-22(21)23(27-24(25)26)19-10-5-4-7-13-20-14-8-6-9-15-20/h6,8-9,11-12,14-15,17-18,23H,2-5,7,10,13,16,19H2,1H3,(H,25,26). The molecule has 146 valence electrons. The lowest BCUT2D eigenvalue weighted by Gasteiger charge is -2.19. The fraction of sp³-hybridized carbons (Fsp3) is 0.458. The number of carboxylic acid groups (broad SMARTS) is 1. The molecule has 0 aliphatic rings. The minimum Gasteiger partial charge on any atom is -0.450 e. The molecule has 0 saturated carbocycles. The summed E-state index contributed by atoms with van der Waals surface area (Å²) in [7, 11) is 0. The Labute approximate surface area is 163 Å². The molecule has 0 fully saturated rings. The molecule has 27 heavy (non-hydrogen) atoms. The molecule has 3 nitrogen and oxygen atoms in total. The van der Waals surface area contributed by atoms with Gasteiger partial charge in [-0.2, -0.15) is 0 Å². The lowest BCUT2D eigenvalue weighted by atomic mass is 9.94. The first-order valence-electron chi connectivity index (χ1n) is 10.2. The average molecular weight is 369 g/mol. The third-order valence-corrected chi connectivity index (χ3v) is 4.97. The summed E-state index contributed by atoms with van der Waals surface area (Å²) in [6.45, 7) is 2.17. The molecule has 2 rings (SSSR count). The summed E-state index contributed by atoms with van der Waals surface area (Å²) >= 11 is 0. The first-order valence-corrected chi connectivity index (χ1v) is 10.2. The third kappa shape index (κ3) is 7.86. The molecule has 0 spiro atoms. The van der Waals surface area contributed by atoms with Gasteiger partial charge in [-0.25, -0.2) is 4.79 Å². The van der Waals surface area contributed by atoms with Crippen LogP contribution in [0.3, 0.4) is 0 Å². The van der Waals surface area contributed by atoms with E-state index in [2.05, 4.69) is 37.3 Å². The molecule has 0 radical (unpaired) electrons. The zero-order valence-electron chi connectivity index (χ0n) is 16.4. The summed E-state index contributed by atoms with van der Waals surface area (Å²) in [6.07, 6.45) is 7.93. The van der Waals surface area contributed by atoms with Crippen molar-refractivity contribution in [3.8, 4) is 0 Å². The predicted molar refractivity (Wildman–Crippen MR) is 110 cm³/mol. The van der Waals surface area contributed by atoms with Gasteiger partial charge >= 0.3 is 6.16 Å². The number of aryl methyl sites for hydroxylation is 2. The molecule has 2 aromatic rings. The van der Waals surface area contributed by atoms with Gasteiger partial charge in [-0.1, -0.05) is 80.8 Å². The van der Waals surface area contributed by atoms with Crippen molar-refractivity contribution in [2.45, 2.75) is 70.8 Å². The summed E-state index contributed by atoms with van der Waals surface area (Å²) in [4.78, 5) is 11.2. The van der Waals surface area contributed by atoms with Gasteiger partial charge < -0.3 is 9.84 Å². The lowest BCUT2D eigenvalue weighted by molar-refractivity contribution is 0.0460. The Balaban J connectivity index is 1.83. The molecule has 1 unspecified atom stereocenters. The topological polar surface area (TPSA) is 46.5 Å². The van der Waals surface area contributed by atoms with E-state index in [1.165, 1.54) is 17.5 Å². The highest BCUT2D eigenvalue weighted by Crippen LogP contribution is 2.28. The SMILES string of the molecule is CCCCc1ccccc1C(CCCCCCc1ccccc1)OC(=O)O. The lowest BCUT2D eigenvalue weighted by Crippen LogP contribution is -2.11. The van der Waals surface area contributed by atoms with Crippen LogP contribution in [0.25, 0.3) is 0 Å². The Morgan fingerprint density at radius 3 is 2.33 bits per heavy atom. The van der Waals surface area contributed by atoms with Crippen molar-refractivity contribution in [3.05, 3.63) is 71.3 Å². The second kappa shape index (κ2) is 12.2. The van der Waals surface area contributed by atoms with Crippen LogP contribution in [0.1, 0.15) is 74.7 Å². The molecular weight excluding hydrogens is 336 g/mol. The summed E-state index contributed by atoms with van der Waals surface area (Å²) < 4.78 is 5.25. The van der Waals surface area contributed by atoms with Crippen LogP contribution in [0.2, 0.25) is 0 Å². The third-order valence-electron chi connectivity index (χ3n) is 4.97. The van der Waals surface area contributed by atoms with E-state index in [4.69, 9.17) is 9.84 Å². The molecule has 0 aromatic heterocycles. The summed E-state index contributed by atoms with van der Waals surface area (Å²) in [6, 6.07) is 18.7.